The number of amides is 3. The highest BCUT2D eigenvalue weighted by molar-refractivity contribution is 7.09. The van der Waals surface area contributed by atoms with Crippen LogP contribution in [0.4, 0.5) is 18.0 Å². The monoisotopic (exact) mass is 364 g/mol. The van der Waals surface area contributed by atoms with Gasteiger partial charge in [-0.15, -0.1) is 11.3 Å². The summed E-state index contributed by atoms with van der Waals surface area (Å²) in [7, 11) is 1.49. The number of likely N-dealkylation sites (tertiary alicyclic amines) is 1. The van der Waals surface area contributed by atoms with Crippen molar-refractivity contribution in [2.75, 3.05) is 26.7 Å². The number of nitrogens with one attached hydrogen (secondary N) is 2. The Labute approximate surface area is 141 Å². The van der Waals surface area contributed by atoms with Crippen molar-refractivity contribution in [1.82, 2.24) is 20.5 Å². The molecule has 2 N–H and O–H groups in total. The Morgan fingerprint density at radius 2 is 2.04 bits per heavy atom. The Morgan fingerprint density at radius 3 is 2.58 bits per heavy atom. The highest BCUT2D eigenvalue weighted by Crippen LogP contribution is 2.35. The predicted molar refractivity (Wildman–Crippen MR) is 82.7 cm³/mol. The second-order valence-corrected chi connectivity index (χ2v) is 6.37. The average molecular weight is 364 g/mol. The lowest BCUT2D eigenvalue weighted by Gasteiger charge is -2.31. The van der Waals surface area contributed by atoms with Gasteiger partial charge in [0.25, 0.3) is 0 Å². The molecule has 0 spiro atoms. The van der Waals surface area contributed by atoms with Crippen LogP contribution in [-0.2, 0) is 11.0 Å². The van der Waals surface area contributed by atoms with E-state index in [4.69, 9.17) is 0 Å². The van der Waals surface area contributed by atoms with E-state index < -0.39 is 11.9 Å². The van der Waals surface area contributed by atoms with E-state index in [1.807, 2.05) is 0 Å². The van der Waals surface area contributed by atoms with Gasteiger partial charge < -0.3 is 15.5 Å². The standard InChI is InChI=1S/C14H19F3N4O2S/c1-18-13(23)19-5-2-11(22)21-6-3-9(4-7-21)12-20-10(8-24-12)14(15,16)17/h8-9H,2-7H2,1H3,(H2,18,19,23). The molecule has 6 nitrogen and oxygen atoms in total. The van der Waals surface area contributed by atoms with E-state index >= 15 is 0 Å². The highest BCUT2D eigenvalue weighted by atomic mass is 32.1. The maximum Gasteiger partial charge on any atom is 0.434 e. The molecule has 2 rings (SSSR count). The molecule has 1 aliphatic rings. The molecular weight excluding hydrogens is 345 g/mol. The molecule has 1 aromatic rings. The molecule has 1 saturated heterocycles. The zero-order valence-corrected chi connectivity index (χ0v) is 14.0. The highest BCUT2D eigenvalue weighted by Gasteiger charge is 2.35. The fourth-order valence-corrected chi connectivity index (χ4v) is 3.51. The molecule has 134 valence electrons. The lowest BCUT2D eigenvalue weighted by Crippen LogP contribution is -2.40. The zero-order valence-electron chi connectivity index (χ0n) is 13.2. The van der Waals surface area contributed by atoms with Crippen LogP contribution in [0.3, 0.4) is 0 Å². The Hall–Kier alpha value is -1.84. The maximum atomic E-state index is 12.6. The summed E-state index contributed by atoms with van der Waals surface area (Å²) >= 11 is 1.02. The van der Waals surface area contributed by atoms with Crippen molar-refractivity contribution in [3.63, 3.8) is 0 Å². The van der Waals surface area contributed by atoms with Gasteiger partial charge in [0.15, 0.2) is 5.69 Å². The van der Waals surface area contributed by atoms with Crippen molar-refractivity contribution in [1.29, 1.82) is 0 Å². The molecule has 1 fully saturated rings. The number of urea groups is 1. The summed E-state index contributed by atoms with van der Waals surface area (Å²) in [6, 6.07) is -0.342. The molecule has 3 amide bonds. The van der Waals surface area contributed by atoms with Gasteiger partial charge in [-0.2, -0.15) is 13.2 Å². The van der Waals surface area contributed by atoms with Crippen molar-refractivity contribution in [3.05, 3.63) is 16.1 Å². The minimum Gasteiger partial charge on any atom is -0.343 e. The Morgan fingerprint density at radius 1 is 1.38 bits per heavy atom. The van der Waals surface area contributed by atoms with Gasteiger partial charge >= 0.3 is 12.2 Å². The number of carbonyl (C=O) groups is 2. The first-order valence-electron chi connectivity index (χ1n) is 7.57. The number of hydrogen-bond donors (Lipinski definition) is 2. The minimum absolute atomic E-state index is 0.0425. The van der Waals surface area contributed by atoms with Gasteiger partial charge in [0, 0.05) is 44.4 Å². The third-order valence-corrected chi connectivity index (χ3v) is 4.87. The summed E-state index contributed by atoms with van der Waals surface area (Å²) in [5.74, 6) is -0.112. The van der Waals surface area contributed by atoms with E-state index in [0.29, 0.717) is 30.9 Å². The van der Waals surface area contributed by atoms with Gasteiger partial charge in [0.1, 0.15) is 0 Å². The summed E-state index contributed by atoms with van der Waals surface area (Å²) < 4.78 is 37.8. The molecule has 0 bridgehead atoms. The van der Waals surface area contributed by atoms with Crippen molar-refractivity contribution < 1.29 is 22.8 Å². The quantitative estimate of drug-likeness (QED) is 0.860. The number of alkyl halides is 3. The number of nitrogens with zero attached hydrogens (tertiary/aromatic N) is 2. The van der Waals surface area contributed by atoms with Crippen LogP contribution in [0, 0.1) is 0 Å². The fraction of sp³-hybridized carbons (Fsp3) is 0.643. The third kappa shape index (κ3) is 4.83. The lowest BCUT2D eigenvalue weighted by atomic mass is 9.97. The number of aromatic nitrogens is 1. The summed E-state index contributed by atoms with van der Waals surface area (Å²) in [6.45, 7) is 1.23. The smallest absolute Gasteiger partial charge is 0.343 e. The van der Waals surface area contributed by atoms with Crippen LogP contribution >= 0.6 is 11.3 Å². The number of halogens is 3. The van der Waals surface area contributed by atoms with Gasteiger partial charge in [0.2, 0.25) is 5.91 Å². The van der Waals surface area contributed by atoms with Crippen LogP contribution in [0.15, 0.2) is 5.38 Å². The second kappa shape index (κ2) is 7.82. The summed E-state index contributed by atoms with van der Waals surface area (Å²) in [6.07, 6.45) is -3.02. The Balaban J connectivity index is 1.79. The van der Waals surface area contributed by atoms with E-state index in [2.05, 4.69) is 15.6 Å². The first-order valence-corrected chi connectivity index (χ1v) is 8.45. The van der Waals surface area contributed by atoms with Crippen LogP contribution in [0.2, 0.25) is 0 Å². The van der Waals surface area contributed by atoms with Crippen molar-refractivity contribution in [3.8, 4) is 0 Å². The van der Waals surface area contributed by atoms with E-state index in [-0.39, 0.29) is 30.8 Å². The third-order valence-electron chi connectivity index (χ3n) is 3.86. The van der Waals surface area contributed by atoms with E-state index in [0.717, 1.165) is 16.7 Å². The van der Waals surface area contributed by atoms with E-state index in [1.165, 1.54) is 7.05 Å². The Bertz CT molecular complexity index is 583. The summed E-state index contributed by atoms with van der Waals surface area (Å²) in [4.78, 5) is 28.4. The van der Waals surface area contributed by atoms with Gasteiger partial charge in [-0.3, -0.25) is 4.79 Å². The molecule has 0 aliphatic carbocycles. The van der Waals surface area contributed by atoms with E-state index in [9.17, 15) is 22.8 Å². The normalized spacial score (nSPS) is 16.1. The van der Waals surface area contributed by atoms with E-state index in [1.54, 1.807) is 4.90 Å². The molecule has 24 heavy (non-hydrogen) atoms. The first-order chi connectivity index (χ1) is 11.3. The van der Waals surface area contributed by atoms with Crippen molar-refractivity contribution in [2.45, 2.75) is 31.4 Å². The van der Waals surface area contributed by atoms with Gasteiger partial charge in [-0.25, -0.2) is 9.78 Å². The van der Waals surface area contributed by atoms with Crippen LogP contribution < -0.4 is 10.6 Å². The second-order valence-electron chi connectivity index (χ2n) is 5.48. The lowest BCUT2D eigenvalue weighted by molar-refractivity contribution is -0.140. The molecule has 10 heteroatoms. The van der Waals surface area contributed by atoms with Crippen LogP contribution in [0.1, 0.15) is 35.9 Å². The number of piperidine rings is 1. The molecule has 1 aromatic heterocycles. The average Bonchev–Trinajstić information content (AvgIpc) is 3.05. The van der Waals surface area contributed by atoms with Gasteiger partial charge in [-0.05, 0) is 12.8 Å². The summed E-state index contributed by atoms with van der Waals surface area (Å²) in [5.41, 5.74) is -0.846. The SMILES string of the molecule is CNC(=O)NCCC(=O)N1CCC(c2nc(C(F)(F)F)cs2)CC1. The summed E-state index contributed by atoms with van der Waals surface area (Å²) in [5, 5.41) is 6.46. The maximum absolute atomic E-state index is 12.6. The number of rotatable bonds is 4. The molecule has 0 aromatic carbocycles. The zero-order chi connectivity index (χ0) is 17.7. The number of thiazole rings is 1. The number of hydrogen-bond acceptors (Lipinski definition) is 4. The van der Waals surface area contributed by atoms with Crippen molar-refractivity contribution in [2.24, 2.45) is 0 Å². The molecule has 0 unspecified atom stereocenters. The molecule has 1 aliphatic heterocycles. The molecule has 2 heterocycles. The molecule has 0 atom stereocenters. The molecule has 0 saturated carbocycles. The Kier molecular flexibility index (Phi) is 6.03. The van der Waals surface area contributed by atoms with Crippen LogP contribution in [0.5, 0.6) is 0 Å². The fourth-order valence-electron chi connectivity index (χ4n) is 2.51. The predicted octanol–water partition coefficient (Wildman–Crippen LogP) is 2.19. The first kappa shape index (κ1) is 18.5. The van der Waals surface area contributed by atoms with Gasteiger partial charge in [0.05, 0.1) is 5.01 Å². The van der Waals surface area contributed by atoms with Crippen LogP contribution in [0.25, 0.3) is 0 Å². The van der Waals surface area contributed by atoms with Crippen molar-refractivity contribution >= 4 is 23.3 Å². The molecule has 0 radical (unpaired) electrons. The number of carbonyl (C=O) groups excluding carboxylic acids is 2. The molecular formula is C14H19F3N4O2S. The van der Waals surface area contributed by atoms with Crippen LogP contribution in [-0.4, -0.2) is 48.5 Å². The topological polar surface area (TPSA) is 74.3 Å². The largest absolute Gasteiger partial charge is 0.434 e. The minimum atomic E-state index is -4.41. The van der Waals surface area contributed by atoms with Gasteiger partial charge in [-0.1, -0.05) is 0 Å².